The van der Waals surface area contributed by atoms with E-state index in [1.807, 2.05) is 22.7 Å². The molecule has 39 heavy (non-hydrogen) atoms. The first-order valence-electron chi connectivity index (χ1n) is 13.6. The molecule has 1 aliphatic carbocycles. The fourth-order valence-electron chi connectivity index (χ4n) is 6.52. The second-order valence-corrected chi connectivity index (χ2v) is 13.2. The maximum absolute atomic E-state index is 2.46. The maximum atomic E-state index is 2.46. The number of fused-ring (bicyclic) bond motifs is 9. The van der Waals surface area contributed by atoms with Crippen molar-refractivity contribution >= 4 is 96.2 Å². The average molecular weight is 533 g/mol. The second kappa shape index (κ2) is 8.02. The largest absolute Gasteiger partial charge is 0.135 e. The highest BCUT2D eigenvalue weighted by molar-refractivity contribution is 7.26. The van der Waals surface area contributed by atoms with Crippen LogP contribution in [0.5, 0.6) is 0 Å². The first kappa shape index (κ1) is 21.9. The zero-order valence-electron chi connectivity index (χ0n) is 21.5. The number of hydrogen-bond acceptors (Lipinski definition) is 2. The lowest BCUT2D eigenvalue weighted by atomic mass is 9.88. The summed E-state index contributed by atoms with van der Waals surface area (Å²) in [5, 5.41) is 10.8. The Hall–Kier alpha value is -3.98. The van der Waals surface area contributed by atoms with Crippen molar-refractivity contribution in [1.29, 1.82) is 0 Å². The Bertz CT molecular complexity index is 2330. The van der Waals surface area contributed by atoms with Crippen LogP contribution in [0.25, 0.3) is 73.5 Å². The van der Waals surface area contributed by atoms with Gasteiger partial charge in [0.2, 0.25) is 0 Å². The third-order valence-corrected chi connectivity index (χ3v) is 10.8. The molecule has 0 fully saturated rings. The lowest BCUT2D eigenvalue weighted by molar-refractivity contribution is 1.00. The van der Waals surface area contributed by atoms with Gasteiger partial charge in [0, 0.05) is 40.3 Å². The summed E-state index contributed by atoms with van der Waals surface area (Å²) in [5.41, 5.74) is 6.97. The molecule has 2 heteroatoms. The predicted octanol–water partition coefficient (Wildman–Crippen LogP) is 11.5. The van der Waals surface area contributed by atoms with Gasteiger partial charge in [0.15, 0.2) is 0 Å². The van der Waals surface area contributed by atoms with E-state index in [0.29, 0.717) is 0 Å². The van der Waals surface area contributed by atoms with E-state index in [-0.39, 0.29) is 0 Å². The third-order valence-electron chi connectivity index (χ3n) is 8.53. The van der Waals surface area contributed by atoms with E-state index < -0.39 is 0 Å². The quantitative estimate of drug-likeness (QED) is 0.197. The van der Waals surface area contributed by atoms with Crippen LogP contribution in [0.1, 0.15) is 28.7 Å². The molecule has 1 aliphatic rings. The highest BCUT2D eigenvalue weighted by atomic mass is 32.1. The Labute approximate surface area is 234 Å². The molecule has 0 aliphatic heterocycles. The van der Waals surface area contributed by atoms with E-state index >= 15 is 0 Å². The monoisotopic (exact) mass is 532 g/mol. The molecule has 0 N–H and O–H groups in total. The molecule has 0 saturated carbocycles. The lowest BCUT2D eigenvalue weighted by Gasteiger charge is -2.17. The summed E-state index contributed by atoms with van der Waals surface area (Å²) in [6, 6.07) is 37.0. The second-order valence-electron chi connectivity index (χ2n) is 11.0. The van der Waals surface area contributed by atoms with Crippen molar-refractivity contribution in [2.24, 2.45) is 0 Å². The van der Waals surface area contributed by atoms with Crippen molar-refractivity contribution in [3.05, 3.63) is 119 Å². The summed E-state index contributed by atoms with van der Waals surface area (Å²) in [7, 11) is 0. The lowest BCUT2D eigenvalue weighted by Crippen LogP contribution is -1.98. The van der Waals surface area contributed by atoms with Crippen LogP contribution in [-0.4, -0.2) is 0 Å². The van der Waals surface area contributed by atoms with Gasteiger partial charge in [-0.2, -0.15) is 0 Å². The number of thiophene rings is 2. The normalized spacial score (nSPS) is 13.7. The van der Waals surface area contributed by atoms with Gasteiger partial charge in [-0.3, -0.25) is 0 Å². The van der Waals surface area contributed by atoms with Gasteiger partial charge < -0.3 is 0 Å². The summed E-state index contributed by atoms with van der Waals surface area (Å²) < 4.78 is 5.53. The van der Waals surface area contributed by atoms with Crippen LogP contribution in [0, 0.1) is 6.92 Å². The average Bonchev–Trinajstić information content (AvgIpc) is 3.48. The SMILES string of the molecule is Cc1ccc2cc3sc4cc5cc6c(cc5cc4c3cc2c1)sc1cc2c(cc16)C=C(c1ccccc1)CC2. The molecule has 0 atom stereocenters. The van der Waals surface area contributed by atoms with Crippen LogP contribution >= 0.6 is 22.7 Å². The minimum Gasteiger partial charge on any atom is -0.135 e. The Morgan fingerprint density at radius 2 is 1.10 bits per heavy atom. The van der Waals surface area contributed by atoms with Gasteiger partial charge in [0.05, 0.1) is 0 Å². The number of hydrogen-bond donors (Lipinski definition) is 0. The van der Waals surface area contributed by atoms with Gasteiger partial charge in [-0.15, -0.1) is 22.7 Å². The van der Waals surface area contributed by atoms with Crippen LogP contribution in [0.2, 0.25) is 0 Å². The molecule has 2 heterocycles. The minimum absolute atomic E-state index is 1.11. The number of aryl methyl sites for hydroxylation is 2. The van der Waals surface area contributed by atoms with E-state index in [4.69, 9.17) is 0 Å². The van der Waals surface area contributed by atoms with E-state index in [9.17, 15) is 0 Å². The van der Waals surface area contributed by atoms with Crippen molar-refractivity contribution in [2.75, 3.05) is 0 Å². The molecular weight excluding hydrogens is 509 g/mol. The van der Waals surface area contributed by atoms with Crippen molar-refractivity contribution in [3.63, 3.8) is 0 Å². The summed E-state index contributed by atoms with van der Waals surface area (Å²) in [4.78, 5) is 0. The van der Waals surface area contributed by atoms with Crippen molar-refractivity contribution in [1.82, 2.24) is 0 Å². The molecule has 0 saturated heterocycles. The zero-order chi connectivity index (χ0) is 25.7. The predicted molar refractivity (Wildman–Crippen MR) is 175 cm³/mol. The Morgan fingerprint density at radius 3 is 1.79 bits per heavy atom. The molecule has 0 spiro atoms. The maximum Gasteiger partial charge on any atom is 0.0361 e. The first-order chi connectivity index (χ1) is 19.2. The highest BCUT2D eigenvalue weighted by Crippen LogP contribution is 2.43. The third kappa shape index (κ3) is 3.35. The van der Waals surface area contributed by atoms with Gasteiger partial charge in [-0.1, -0.05) is 60.2 Å². The molecular formula is C37H24S2. The fourth-order valence-corrected chi connectivity index (χ4v) is 8.87. The molecule has 9 rings (SSSR count). The molecule has 0 bridgehead atoms. The summed E-state index contributed by atoms with van der Waals surface area (Å²) in [6.07, 6.45) is 4.64. The van der Waals surface area contributed by atoms with Crippen molar-refractivity contribution in [2.45, 2.75) is 19.8 Å². The van der Waals surface area contributed by atoms with Gasteiger partial charge in [0.1, 0.15) is 0 Å². The van der Waals surface area contributed by atoms with Crippen molar-refractivity contribution < 1.29 is 0 Å². The van der Waals surface area contributed by atoms with Gasteiger partial charge >= 0.3 is 0 Å². The Kier molecular flexibility index (Phi) is 4.50. The Morgan fingerprint density at radius 1 is 0.513 bits per heavy atom. The molecule has 2 aromatic heterocycles. The first-order valence-corrected chi connectivity index (χ1v) is 15.3. The van der Waals surface area contributed by atoms with Crippen LogP contribution in [0.4, 0.5) is 0 Å². The van der Waals surface area contributed by atoms with Gasteiger partial charge in [0.25, 0.3) is 0 Å². The highest BCUT2D eigenvalue weighted by Gasteiger charge is 2.16. The molecule has 0 unspecified atom stereocenters. The molecule has 0 radical (unpaired) electrons. The zero-order valence-corrected chi connectivity index (χ0v) is 23.2. The van der Waals surface area contributed by atoms with Gasteiger partial charge in [-0.05, 0) is 112 Å². The van der Waals surface area contributed by atoms with Crippen LogP contribution in [0.15, 0.2) is 97.1 Å². The molecule has 0 nitrogen and oxygen atoms in total. The topological polar surface area (TPSA) is 0 Å². The van der Waals surface area contributed by atoms with E-state index in [0.717, 1.165) is 12.8 Å². The van der Waals surface area contributed by atoms with E-state index in [1.54, 1.807) is 0 Å². The summed E-state index contributed by atoms with van der Waals surface area (Å²) >= 11 is 3.86. The van der Waals surface area contributed by atoms with Crippen LogP contribution < -0.4 is 0 Å². The number of allylic oxidation sites excluding steroid dienone is 1. The van der Waals surface area contributed by atoms with Crippen LogP contribution in [-0.2, 0) is 6.42 Å². The smallest absolute Gasteiger partial charge is 0.0361 e. The standard InChI is InChI=1S/C37H24S2/c1-21-7-8-24-17-34-30(13-26(24)11-21)32-15-28-20-37-33(16-29(28)19-36(32)38-34)31-14-27-12-23(22-5-3-2-4-6-22)9-10-25(27)18-35(31)39-37/h2-8,11-20H,9-10H2,1H3. The van der Waals surface area contributed by atoms with Gasteiger partial charge in [-0.25, -0.2) is 0 Å². The van der Waals surface area contributed by atoms with E-state index in [2.05, 4.69) is 110 Å². The minimum atomic E-state index is 1.11. The molecule has 184 valence electrons. The molecule has 6 aromatic carbocycles. The summed E-state index contributed by atoms with van der Waals surface area (Å²) in [5.74, 6) is 0. The Balaban J connectivity index is 1.25. The van der Waals surface area contributed by atoms with E-state index in [1.165, 1.54) is 89.7 Å². The summed E-state index contributed by atoms with van der Waals surface area (Å²) in [6.45, 7) is 2.17. The molecule has 8 aromatic rings. The number of benzene rings is 6. The van der Waals surface area contributed by atoms with Crippen molar-refractivity contribution in [3.8, 4) is 0 Å². The molecule has 0 amide bonds. The number of rotatable bonds is 1. The van der Waals surface area contributed by atoms with Crippen LogP contribution in [0.3, 0.4) is 0 Å². The fraction of sp³-hybridized carbons (Fsp3) is 0.0811.